The SMILES string of the molecule is CC/C(=C\C=C(/C)N)C(=O)OC. The van der Waals surface area contributed by atoms with Gasteiger partial charge in [0.05, 0.1) is 7.11 Å². The number of nitrogens with two attached hydrogens (primary N) is 1. The Kier molecular flexibility index (Phi) is 4.84. The van der Waals surface area contributed by atoms with Gasteiger partial charge in [-0.05, 0) is 19.4 Å². The van der Waals surface area contributed by atoms with Crippen molar-refractivity contribution < 1.29 is 9.53 Å². The van der Waals surface area contributed by atoms with Crippen LogP contribution in [0.25, 0.3) is 0 Å². The quantitative estimate of drug-likeness (QED) is 0.394. The van der Waals surface area contributed by atoms with Crippen LogP contribution in [0.5, 0.6) is 0 Å². The van der Waals surface area contributed by atoms with Crippen LogP contribution in [-0.4, -0.2) is 13.1 Å². The summed E-state index contributed by atoms with van der Waals surface area (Å²) in [6.45, 7) is 3.66. The normalized spacial score (nSPS) is 12.9. The molecule has 0 atom stereocenters. The second-order valence-electron chi connectivity index (χ2n) is 2.45. The lowest BCUT2D eigenvalue weighted by atomic mass is 10.2. The molecule has 0 aromatic rings. The average molecular weight is 169 g/mol. The van der Waals surface area contributed by atoms with Crippen molar-refractivity contribution in [1.29, 1.82) is 0 Å². The molecule has 0 aliphatic rings. The van der Waals surface area contributed by atoms with Gasteiger partial charge in [-0.15, -0.1) is 0 Å². The number of allylic oxidation sites excluding steroid dienone is 3. The summed E-state index contributed by atoms with van der Waals surface area (Å²) in [5.41, 5.74) is 6.70. The van der Waals surface area contributed by atoms with Crippen LogP contribution < -0.4 is 5.73 Å². The fourth-order valence-electron chi connectivity index (χ4n) is 0.693. The van der Waals surface area contributed by atoms with Gasteiger partial charge >= 0.3 is 5.97 Å². The average Bonchev–Trinajstić information content (AvgIpc) is 2.04. The van der Waals surface area contributed by atoms with Crippen LogP contribution in [0, 0.1) is 0 Å². The molecule has 2 N–H and O–H groups in total. The minimum Gasteiger partial charge on any atom is -0.466 e. The van der Waals surface area contributed by atoms with Crippen molar-refractivity contribution in [2.24, 2.45) is 5.73 Å². The molecule has 0 amide bonds. The lowest BCUT2D eigenvalue weighted by Crippen LogP contribution is -2.03. The molecule has 0 saturated heterocycles. The van der Waals surface area contributed by atoms with E-state index in [0.29, 0.717) is 17.7 Å². The third-order valence-electron chi connectivity index (χ3n) is 1.38. The molecule has 3 heteroatoms. The van der Waals surface area contributed by atoms with Crippen molar-refractivity contribution in [3.63, 3.8) is 0 Å². The van der Waals surface area contributed by atoms with Gasteiger partial charge in [0.2, 0.25) is 0 Å². The second-order valence-corrected chi connectivity index (χ2v) is 2.45. The van der Waals surface area contributed by atoms with Crippen molar-refractivity contribution >= 4 is 5.97 Å². The predicted octanol–water partition coefficient (Wildman–Crippen LogP) is 1.36. The molecule has 0 heterocycles. The van der Waals surface area contributed by atoms with Crippen molar-refractivity contribution in [3.8, 4) is 0 Å². The minimum absolute atomic E-state index is 0.296. The van der Waals surface area contributed by atoms with E-state index in [1.54, 1.807) is 19.1 Å². The molecule has 68 valence electrons. The Hall–Kier alpha value is -1.25. The van der Waals surface area contributed by atoms with Crippen LogP contribution in [-0.2, 0) is 9.53 Å². The summed E-state index contributed by atoms with van der Waals surface area (Å²) in [7, 11) is 1.37. The summed E-state index contributed by atoms with van der Waals surface area (Å²) in [6.07, 6.45) is 4.02. The highest BCUT2D eigenvalue weighted by Gasteiger charge is 2.04. The second kappa shape index (κ2) is 5.41. The number of esters is 1. The number of methoxy groups -OCH3 is 1. The van der Waals surface area contributed by atoms with Crippen molar-refractivity contribution in [3.05, 3.63) is 23.4 Å². The minimum atomic E-state index is -0.296. The van der Waals surface area contributed by atoms with Gasteiger partial charge in [-0.25, -0.2) is 4.79 Å². The Morgan fingerprint density at radius 1 is 1.50 bits per heavy atom. The van der Waals surface area contributed by atoms with E-state index in [1.165, 1.54) is 7.11 Å². The third kappa shape index (κ3) is 3.81. The van der Waals surface area contributed by atoms with Crippen LogP contribution in [0.2, 0.25) is 0 Å². The maximum atomic E-state index is 11.0. The van der Waals surface area contributed by atoms with Crippen LogP contribution in [0.3, 0.4) is 0 Å². The van der Waals surface area contributed by atoms with Crippen LogP contribution >= 0.6 is 0 Å². The number of carbonyl (C=O) groups excluding carboxylic acids is 1. The van der Waals surface area contributed by atoms with Gasteiger partial charge < -0.3 is 10.5 Å². The van der Waals surface area contributed by atoms with Crippen molar-refractivity contribution in [2.75, 3.05) is 7.11 Å². The maximum Gasteiger partial charge on any atom is 0.333 e. The van der Waals surface area contributed by atoms with Crippen LogP contribution in [0.4, 0.5) is 0 Å². The predicted molar refractivity (Wildman–Crippen MR) is 48.3 cm³/mol. The fraction of sp³-hybridized carbons (Fsp3) is 0.444. The van der Waals surface area contributed by atoms with Gasteiger partial charge in [0, 0.05) is 11.3 Å². The molecule has 0 radical (unpaired) electrons. The number of hydrogen-bond donors (Lipinski definition) is 1. The Morgan fingerprint density at radius 3 is 2.42 bits per heavy atom. The summed E-state index contributed by atoms with van der Waals surface area (Å²) in [4.78, 5) is 11.0. The number of hydrogen-bond acceptors (Lipinski definition) is 3. The molecular formula is C9H15NO2. The Morgan fingerprint density at radius 2 is 2.08 bits per heavy atom. The first-order chi connectivity index (χ1) is 5.61. The standard InChI is InChI=1S/C9H15NO2/c1-4-8(9(11)12-3)6-5-7(2)10/h5-6H,4,10H2,1-3H3/b7-5+,8-6+. The summed E-state index contributed by atoms with van der Waals surface area (Å²) in [6, 6.07) is 0. The highest BCUT2D eigenvalue weighted by molar-refractivity contribution is 5.88. The molecule has 0 unspecified atom stereocenters. The van der Waals surface area contributed by atoms with E-state index >= 15 is 0 Å². The first-order valence-electron chi connectivity index (χ1n) is 3.83. The smallest absolute Gasteiger partial charge is 0.333 e. The van der Waals surface area contributed by atoms with Gasteiger partial charge in [0.25, 0.3) is 0 Å². The fourth-order valence-corrected chi connectivity index (χ4v) is 0.693. The molecule has 0 saturated carbocycles. The Labute approximate surface area is 72.9 Å². The zero-order valence-electron chi connectivity index (χ0n) is 7.76. The molecule has 0 bridgehead atoms. The maximum absolute atomic E-state index is 11.0. The first kappa shape index (κ1) is 10.8. The molecule has 3 nitrogen and oxygen atoms in total. The highest BCUT2D eigenvalue weighted by Crippen LogP contribution is 2.03. The summed E-state index contributed by atoms with van der Waals surface area (Å²) in [5.74, 6) is -0.296. The van der Waals surface area contributed by atoms with E-state index in [-0.39, 0.29) is 5.97 Å². The van der Waals surface area contributed by atoms with Gasteiger partial charge in [-0.1, -0.05) is 13.0 Å². The number of ether oxygens (including phenoxy) is 1. The highest BCUT2D eigenvalue weighted by atomic mass is 16.5. The van der Waals surface area contributed by atoms with E-state index < -0.39 is 0 Å². The van der Waals surface area contributed by atoms with Crippen molar-refractivity contribution in [2.45, 2.75) is 20.3 Å². The molecule has 0 aliphatic heterocycles. The van der Waals surface area contributed by atoms with E-state index in [9.17, 15) is 4.79 Å². The Balaban J connectivity index is 4.44. The van der Waals surface area contributed by atoms with Gasteiger partial charge in [-0.3, -0.25) is 0 Å². The zero-order valence-corrected chi connectivity index (χ0v) is 7.76. The molecule has 0 rings (SSSR count). The van der Waals surface area contributed by atoms with Crippen LogP contribution in [0.15, 0.2) is 23.4 Å². The number of rotatable bonds is 3. The van der Waals surface area contributed by atoms with E-state index in [2.05, 4.69) is 4.74 Å². The molecule has 0 aliphatic carbocycles. The van der Waals surface area contributed by atoms with Gasteiger partial charge in [-0.2, -0.15) is 0 Å². The molecule has 0 fully saturated rings. The monoisotopic (exact) mass is 169 g/mol. The Bertz CT molecular complexity index is 213. The summed E-state index contributed by atoms with van der Waals surface area (Å²) >= 11 is 0. The van der Waals surface area contributed by atoms with Crippen LogP contribution in [0.1, 0.15) is 20.3 Å². The third-order valence-corrected chi connectivity index (χ3v) is 1.38. The zero-order chi connectivity index (χ0) is 9.56. The molecule has 0 aromatic carbocycles. The number of carbonyl (C=O) groups is 1. The molecule has 12 heavy (non-hydrogen) atoms. The van der Waals surface area contributed by atoms with E-state index in [1.807, 2.05) is 6.92 Å². The summed E-state index contributed by atoms with van der Waals surface area (Å²) < 4.78 is 4.56. The van der Waals surface area contributed by atoms with E-state index in [4.69, 9.17) is 5.73 Å². The first-order valence-corrected chi connectivity index (χ1v) is 3.83. The lowest BCUT2D eigenvalue weighted by molar-refractivity contribution is -0.136. The van der Waals surface area contributed by atoms with Crippen molar-refractivity contribution in [1.82, 2.24) is 0 Å². The van der Waals surface area contributed by atoms with Gasteiger partial charge in [0.1, 0.15) is 0 Å². The summed E-state index contributed by atoms with van der Waals surface area (Å²) in [5, 5.41) is 0. The topological polar surface area (TPSA) is 52.3 Å². The molecule has 0 spiro atoms. The molecule has 0 aromatic heterocycles. The lowest BCUT2D eigenvalue weighted by Gasteiger charge is -1.99. The van der Waals surface area contributed by atoms with E-state index in [0.717, 1.165) is 0 Å². The van der Waals surface area contributed by atoms with Gasteiger partial charge in [0.15, 0.2) is 0 Å². The largest absolute Gasteiger partial charge is 0.466 e. The molecular weight excluding hydrogens is 154 g/mol.